The van der Waals surface area contributed by atoms with Crippen LogP contribution in [0.3, 0.4) is 0 Å². The first-order valence-electron chi connectivity index (χ1n) is 6.43. The van der Waals surface area contributed by atoms with Gasteiger partial charge in [0.15, 0.2) is 0 Å². The van der Waals surface area contributed by atoms with Crippen molar-refractivity contribution < 1.29 is 4.74 Å². The normalized spacial score (nSPS) is 11.1. The highest BCUT2D eigenvalue weighted by Gasteiger charge is 2.13. The van der Waals surface area contributed by atoms with Crippen LogP contribution in [0.4, 0.5) is 5.69 Å². The lowest BCUT2D eigenvalue weighted by Gasteiger charge is -2.18. The average molecular weight is 233 g/mol. The number of ether oxygens (including phenoxy) is 1. The molecule has 0 aromatic heterocycles. The van der Waals surface area contributed by atoms with Crippen LogP contribution in [0.25, 0.3) is 6.08 Å². The van der Waals surface area contributed by atoms with E-state index < -0.39 is 0 Å². The van der Waals surface area contributed by atoms with E-state index in [1.165, 1.54) is 0 Å². The van der Waals surface area contributed by atoms with Crippen LogP contribution in [0.15, 0.2) is 24.2 Å². The van der Waals surface area contributed by atoms with Gasteiger partial charge in [0.2, 0.25) is 0 Å². The van der Waals surface area contributed by atoms with Crippen LogP contribution in [0.5, 0.6) is 5.75 Å². The summed E-state index contributed by atoms with van der Waals surface area (Å²) in [7, 11) is 1.70. The zero-order valence-electron chi connectivity index (χ0n) is 11.9. The first-order chi connectivity index (χ1) is 8.31. The number of hydrogen-bond acceptors (Lipinski definition) is 2. The molecule has 0 saturated heterocycles. The highest BCUT2D eigenvalue weighted by Crippen LogP contribution is 2.30. The van der Waals surface area contributed by atoms with Gasteiger partial charge in [-0.1, -0.05) is 52.6 Å². The molecule has 0 atom stereocenters. The van der Waals surface area contributed by atoms with Crippen molar-refractivity contribution in [1.29, 1.82) is 0 Å². The summed E-state index contributed by atoms with van der Waals surface area (Å²) in [5.74, 6) is 3.05. The molecule has 94 valence electrons. The van der Waals surface area contributed by atoms with Crippen molar-refractivity contribution in [3.8, 4) is 5.75 Å². The average Bonchev–Trinajstić information content (AvgIpc) is 2.42. The molecule has 0 bridgehead atoms. The first kappa shape index (κ1) is 15.6. The molecule has 1 heterocycles. The fourth-order valence-corrected chi connectivity index (χ4v) is 1.55. The Hall–Kier alpha value is -1.38. The minimum atomic E-state index is 0.402. The largest absolute Gasteiger partial charge is 0.496 e. The quantitative estimate of drug-likeness (QED) is 0.728. The summed E-state index contributed by atoms with van der Waals surface area (Å²) in [6.45, 7) is 10.5. The third-order valence-corrected chi connectivity index (χ3v) is 2.22. The van der Waals surface area contributed by atoms with Gasteiger partial charge in [0, 0.05) is 11.3 Å². The highest BCUT2D eigenvalue weighted by molar-refractivity contribution is 6.67. The van der Waals surface area contributed by atoms with E-state index in [1.807, 2.05) is 39.8 Å². The van der Waals surface area contributed by atoms with Gasteiger partial charge in [-0.15, -0.1) is 0 Å². The molecule has 0 amide bonds. The van der Waals surface area contributed by atoms with Crippen molar-refractivity contribution in [3.63, 3.8) is 0 Å². The van der Waals surface area contributed by atoms with Crippen molar-refractivity contribution in [2.24, 2.45) is 0 Å². The maximum Gasteiger partial charge on any atom is 0.275 e. The molecule has 2 nitrogen and oxygen atoms in total. The summed E-state index contributed by atoms with van der Waals surface area (Å²) in [4.78, 5) is 0. The molecule has 0 aliphatic carbocycles. The second-order valence-corrected chi connectivity index (χ2v) is 3.21. The van der Waals surface area contributed by atoms with E-state index in [9.17, 15) is 0 Å². The van der Waals surface area contributed by atoms with Gasteiger partial charge in [-0.25, -0.2) is 0 Å². The molecule has 0 fully saturated rings. The molecule has 0 unspecified atom stereocenters. The van der Waals surface area contributed by atoms with Crippen LogP contribution in [-0.2, 0) is 0 Å². The van der Waals surface area contributed by atoms with Crippen LogP contribution >= 0.6 is 0 Å². The monoisotopic (exact) mass is 233 g/mol. The molecule has 1 N–H and O–H groups in total. The molecule has 1 aromatic rings. The summed E-state index contributed by atoms with van der Waals surface area (Å²) >= 11 is 0. The summed E-state index contributed by atoms with van der Waals surface area (Å²) in [6, 6.07) is 6.04. The lowest BCUT2D eigenvalue weighted by atomic mass is 9.63. The van der Waals surface area contributed by atoms with Gasteiger partial charge in [-0.3, -0.25) is 0 Å². The summed E-state index contributed by atoms with van der Waals surface area (Å²) < 4.78 is 5.26. The lowest BCUT2D eigenvalue weighted by Crippen LogP contribution is -2.21. The van der Waals surface area contributed by atoms with Gasteiger partial charge in [0.05, 0.1) is 7.11 Å². The maximum absolute atomic E-state index is 5.26. The number of nitrogens with one attached hydrogen (secondary N) is 1. The summed E-state index contributed by atoms with van der Waals surface area (Å²) in [5, 5.41) is 3.37. The molecule has 0 saturated carbocycles. The minimum absolute atomic E-state index is 0.402. The van der Waals surface area contributed by atoms with Crippen LogP contribution in [-0.4, -0.2) is 14.0 Å². The van der Waals surface area contributed by atoms with Crippen LogP contribution in [0.1, 0.15) is 33.3 Å². The molecule has 0 spiro atoms. The van der Waals surface area contributed by atoms with E-state index in [0.29, 0.717) is 6.85 Å². The maximum atomic E-state index is 5.26. The van der Waals surface area contributed by atoms with E-state index in [4.69, 9.17) is 4.74 Å². The molecule has 0 radical (unpaired) electrons. The SMILES string of the molecule is CC.CC.COc1cccc2c1C=CB(C)N2. The fraction of sp³-hybridized carbons (Fsp3) is 0.429. The number of anilines is 1. The number of methoxy groups -OCH3 is 1. The van der Waals surface area contributed by atoms with Crippen LogP contribution in [0, 0.1) is 0 Å². The lowest BCUT2D eigenvalue weighted by molar-refractivity contribution is 0.414. The Balaban J connectivity index is 0.000000581. The third-order valence-electron chi connectivity index (χ3n) is 2.22. The predicted molar refractivity (Wildman–Crippen MR) is 80.0 cm³/mol. The fourth-order valence-electron chi connectivity index (χ4n) is 1.55. The van der Waals surface area contributed by atoms with E-state index in [-0.39, 0.29) is 0 Å². The van der Waals surface area contributed by atoms with Crippen LogP contribution < -0.4 is 9.96 Å². The van der Waals surface area contributed by atoms with E-state index in [0.717, 1.165) is 17.0 Å². The van der Waals surface area contributed by atoms with Crippen LogP contribution in [0.2, 0.25) is 6.82 Å². The molecular formula is C14H24BNO. The molecule has 1 aliphatic heterocycles. The minimum Gasteiger partial charge on any atom is -0.496 e. The zero-order chi connectivity index (χ0) is 13.3. The molecule has 1 aromatic carbocycles. The zero-order valence-corrected chi connectivity index (χ0v) is 11.9. The predicted octanol–water partition coefficient (Wildman–Crippen LogP) is 4.35. The molecular weight excluding hydrogens is 209 g/mol. The van der Waals surface area contributed by atoms with Gasteiger partial charge >= 0.3 is 0 Å². The number of rotatable bonds is 1. The molecule has 3 heteroatoms. The van der Waals surface area contributed by atoms with Crippen molar-refractivity contribution in [2.75, 3.05) is 12.3 Å². The smallest absolute Gasteiger partial charge is 0.275 e. The highest BCUT2D eigenvalue weighted by atomic mass is 16.5. The summed E-state index contributed by atoms with van der Waals surface area (Å²) in [5.41, 5.74) is 2.29. The standard InChI is InChI=1S/C10H12BNO.2C2H6/c1-11-7-6-8-9(12-11)4-3-5-10(8)13-2;2*1-2/h3-7,12H,1-2H3;2*1-2H3. The van der Waals surface area contributed by atoms with Crippen molar-refractivity contribution in [3.05, 3.63) is 29.7 Å². The number of benzene rings is 1. The first-order valence-corrected chi connectivity index (χ1v) is 6.43. The number of fused-ring (bicyclic) bond motifs is 1. The molecule has 1 aliphatic rings. The van der Waals surface area contributed by atoms with Crippen molar-refractivity contribution >= 4 is 18.6 Å². The van der Waals surface area contributed by atoms with Gasteiger partial charge in [-0.2, -0.15) is 0 Å². The van der Waals surface area contributed by atoms with E-state index in [2.05, 4.69) is 30.2 Å². The van der Waals surface area contributed by atoms with Crippen molar-refractivity contribution in [1.82, 2.24) is 0 Å². The van der Waals surface area contributed by atoms with Gasteiger partial charge in [0.25, 0.3) is 6.85 Å². The Morgan fingerprint density at radius 3 is 2.35 bits per heavy atom. The topological polar surface area (TPSA) is 21.3 Å². The Bertz CT molecular complexity index is 350. The Morgan fingerprint density at radius 1 is 1.12 bits per heavy atom. The molecule has 17 heavy (non-hydrogen) atoms. The van der Waals surface area contributed by atoms with Crippen molar-refractivity contribution in [2.45, 2.75) is 34.5 Å². The Morgan fingerprint density at radius 2 is 1.76 bits per heavy atom. The molecule has 2 rings (SSSR count). The third kappa shape index (κ3) is 4.18. The Labute approximate surface area is 106 Å². The second kappa shape index (κ2) is 8.74. The second-order valence-electron chi connectivity index (χ2n) is 3.21. The van der Waals surface area contributed by atoms with Gasteiger partial charge < -0.3 is 9.96 Å². The van der Waals surface area contributed by atoms with E-state index >= 15 is 0 Å². The van der Waals surface area contributed by atoms with Gasteiger partial charge in [0.1, 0.15) is 5.75 Å². The van der Waals surface area contributed by atoms with E-state index in [1.54, 1.807) is 7.11 Å². The number of hydrogen-bond donors (Lipinski definition) is 1. The van der Waals surface area contributed by atoms with Gasteiger partial charge in [-0.05, 0) is 12.1 Å². The Kier molecular flexibility index (Phi) is 8.03. The summed E-state index contributed by atoms with van der Waals surface area (Å²) in [6.07, 6.45) is 2.11.